The van der Waals surface area contributed by atoms with Gasteiger partial charge >= 0.3 is 0 Å². The Morgan fingerprint density at radius 3 is 2.70 bits per heavy atom. The fourth-order valence-electron chi connectivity index (χ4n) is 2.70. The predicted molar refractivity (Wildman–Crippen MR) is 108 cm³/mol. The van der Waals surface area contributed by atoms with Crippen molar-refractivity contribution >= 4 is 18.1 Å². The minimum absolute atomic E-state index is 0.0294. The molecule has 0 radical (unpaired) electrons. The Hall–Kier alpha value is -2.45. The number of quaternary nitrogens is 1. The van der Waals surface area contributed by atoms with Crippen LogP contribution in [0.15, 0.2) is 36.9 Å². The lowest BCUT2D eigenvalue weighted by atomic mass is 10.2. The summed E-state index contributed by atoms with van der Waals surface area (Å²) >= 11 is 5.61. The second-order valence-corrected chi connectivity index (χ2v) is 6.74. The number of rotatable bonds is 10. The Labute approximate surface area is 165 Å². The molecule has 7 nitrogen and oxygen atoms in total. The van der Waals surface area contributed by atoms with Crippen LogP contribution in [0.4, 0.5) is 0 Å². The van der Waals surface area contributed by atoms with Gasteiger partial charge in [-0.15, -0.1) is 11.7 Å². The number of nitrogens with one attached hydrogen (secondary N) is 2. The minimum atomic E-state index is 0.0294. The third-order valence-corrected chi connectivity index (χ3v) is 4.47. The number of carbonyl (C=O) groups excluding carboxylic acids is 1. The lowest BCUT2D eigenvalue weighted by molar-refractivity contribution is -0.895. The number of methoxy groups -OCH3 is 1. The highest BCUT2D eigenvalue weighted by Crippen LogP contribution is 2.21. The average Bonchev–Trinajstić information content (AvgIpc) is 2.96. The van der Waals surface area contributed by atoms with E-state index in [9.17, 15) is 4.79 Å². The molecule has 1 unspecified atom stereocenters. The topological polar surface area (TPSA) is 65.5 Å². The third kappa shape index (κ3) is 5.51. The maximum Gasteiger partial charge on any atom is 0.275 e. The summed E-state index contributed by atoms with van der Waals surface area (Å²) in [5.74, 6) is 1.59. The lowest BCUT2D eigenvalue weighted by Gasteiger charge is -2.13. The van der Waals surface area contributed by atoms with Crippen LogP contribution in [0, 0.1) is 4.77 Å². The summed E-state index contributed by atoms with van der Waals surface area (Å²) in [6, 6.07) is 7.69. The smallest absolute Gasteiger partial charge is 0.275 e. The molecule has 2 aromatic rings. The quantitative estimate of drug-likeness (QED) is 0.474. The van der Waals surface area contributed by atoms with E-state index in [1.54, 1.807) is 17.9 Å². The van der Waals surface area contributed by atoms with Gasteiger partial charge in [0.1, 0.15) is 5.75 Å². The molecule has 0 saturated carbocycles. The van der Waals surface area contributed by atoms with E-state index in [4.69, 9.17) is 22.1 Å². The van der Waals surface area contributed by atoms with Gasteiger partial charge in [-0.05, 0) is 42.9 Å². The van der Waals surface area contributed by atoms with Gasteiger partial charge in [-0.2, -0.15) is 4.68 Å². The zero-order valence-corrected chi connectivity index (χ0v) is 17.0. The molecule has 0 aliphatic rings. The molecule has 0 fully saturated rings. The predicted octanol–water partition coefficient (Wildman–Crippen LogP) is 1.27. The SMILES string of the molecule is C=CCn1c(-c2ccc(OC)cc2)nn(C[NH+](C)CC(=O)NCCC)c1=S. The van der Waals surface area contributed by atoms with Crippen LogP contribution in [0.3, 0.4) is 0 Å². The number of hydrogen-bond acceptors (Lipinski definition) is 4. The van der Waals surface area contributed by atoms with Gasteiger partial charge < -0.3 is 15.0 Å². The summed E-state index contributed by atoms with van der Waals surface area (Å²) in [5.41, 5.74) is 0.945. The highest BCUT2D eigenvalue weighted by Gasteiger charge is 2.16. The van der Waals surface area contributed by atoms with Gasteiger partial charge in [-0.1, -0.05) is 13.0 Å². The molecular formula is C19H28N5O2S+. The summed E-state index contributed by atoms with van der Waals surface area (Å²) < 4.78 is 9.53. The molecular weight excluding hydrogens is 362 g/mol. The standard InChI is InChI=1S/C19H27N5O2S/c1-5-11-20-17(25)13-22(3)14-24-19(27)23(12-6-2)18(21-24)15-7-9-16(26-4)10-8-15/h6-10H,2,5,11-14H2,1,3-4H3,(H,20,25)/p+1. The first-order valence-corrected chi connectivity index (χ1v) is 9.41. The van der Waals surface area contributed by atoms with Crippen molar-refractivity contribution in [1.82, 2.24) is 19.7 Å². The fraction of sp³-hybridized carbons (Fsp3) is 0.421. The maximum absolute atomic E-state index is 11.9. The largest absolute Gasteiger partial charge is 0.497 e. The molecule has 8 heteroatoms. The highest BCUT2D eigenvalue weighted by molar-refractivity contribution is 7.71. The van der Waals surface area contributed by atoms with Crippen LogP contribution >= 0.6 is 12.2 Å². The Morgan fingerprint density at radius 1 is 1.41 bits per heavy atom. The average molecular weight is 391 g/mol. The minimum Gasteiger partial charge on any atom is -0.497 e. The van der Waals surface area contributed by atoms with Crippen LogP contribution in [-0.4, -0.2) is 47.5 Å². The van der Waals surface area contributed by atoms with Crippen LogP contribution < -0.4 is 15.0 Å². The molecule has 27 heavy (non-hydrogen) atoms. The van der Waals surface area contributed by atoms with Crippen LogP contribution in [-0.2, 0) is 18.0 Å². The first-order chi connectivity index (χ1) is 13.0. The molecule has 1 amide bonds. The van der Waals surface area contributed by atoms with E-state index in [1.165, 1.54) is 0 Å². The summed E-state index contributed by atoms with van der Waals surface area (Å²) in [7, 11) is 3.59. The number of likely N-dealkylation sites (N-methyl/N-ethyl adjacent to an activating group) is 1. The van der Waals surface area contributed by atoms with Crippen LogP contribution in [0.1, 0.15) is 13.3 Å². The molecule has 0 aliphatic heterocycles. The Kier molecular flexibility index (Phi) is 7.75. The van der Waals surface area contributed by atoms with Gasteiger partial charge in [-0.3, -0.25) is 9.36 Å². The van der Waals surface area contributed by atoms with Crippen molar-refractivity contribution in [1.29, 1.82) is 0 Å². The van der Waals surface area contributed by atoms with Gasteiger partial charge in [0.2, 0.25) is 4.77 Å². The van der Waals surface area contributed by atoms with Crippen LogP contribution in [0.25, 0.3) is 11.4 Å². The number of amides is 1. The molecule has 0 bridgehead atoms. The summed E-state index contributed by atoms with van der Waals surface area (Å²) in [6.07, 6.45) is 2.72. The normalized spacial score (nSPS) is 11.8. The summed E-state index contributed by atoms with van der Waals surface area (Å²) in [6.45, 7) is 7.98. The van der Waals surface area contributed by atoms with Crippen molar-refractivity contribution in [3.63, 3.8) is 0 Å². The molecule has 2 rings (SSSR count). The molecule has 0 spiro atoms. The third-order valence-electron chi connectivity index (χ3n) is 4.04. The van der Waals surface area contributed by atoms with Gasteiger partial charge in [0.25, 0.3) is 5.91 Å². The number of carbonyl (C=O) groups is 1. The number of benzene rings is 1. The molecule has 1 atom stereocenters. The maximum atomic E-state index is 11.9. The fourth-order valence-corrected chi connectivity index (χ4v) is 2.97. The molecule has 1 aromatic carbocycles. The van der Waals surface area contributed by atoms with Crippen molar-refractivity contribution < 1.29 is 14.4 Å². The van der Waals surface area contributed by atoms with Crippen molar-refractivity contribution in [2.75, 3.05) is 27.2 Å². The van der Waals surface area contributed by atoms with E-state index in [2.05, 4.69) is 11.9 Å². The van der Waals surface area contributed by atoms with Gasteiger partial charge in [0, 0.05) is 18.7 Å². The number of ether oxygens (including phenoxy) is 1. The van der Waals surface area contributed by atoms with E-state index < -0.39 is 0 Å². The number of aromatic nitrogens is 3. The van der Waals surface area contributed by atoms with E-state index >= 15 is 0 Å². The van der Waals surface area contributed by atoms with Crippen LogP contribution in [0.5, 0.6) is 5.75 Å². The van der Waals surface area contributed by atoms with Gasteiger partial charge in [0.15, 0.2) is 19.0 Å². The second-order valence-electron chi connectivity index (χ2n) is 6.38. The second kappa shape index (κ2) is 10.0. The van der Waals surface area contributed by atoms with Gasteiger partial charge in [-0.25, -0.2) is 0 Å². The molecule has 1 heterocycles. The van der Waals surface area contributed by atoms with E-state index in [-0.39, 0.29) is 5.91 Å². The molecule has 2 N–H and O–H groups in total. The van der Waals surface area contributed by atoms with Crippen LogP contribution in [0.2, 0.25) is 0 Å². The lowest BCUT2D eigenvalue weighted by Crippen LogP contribution is -3.09. The van der Waals surface area contributed by atoms with Crippen molar-refractivity contribution in [3.8, 4) is 17.1 Å². The first-order valence-electron chi connectivity index (χ1n) is 9.01. The summed E-state index contributed by atoms with van der Waals surface area (Å²) in [5, 5.41) is 7.59. The zero-order chi connectivity index (χ0) is 19.8. The van der Waals surface area contributed by atoms with Crippen molar-refractivity contribution in [2.24, 2.45) is 0 Å². The van der Waals surface area contributed by atoms with E-state index in [0.29, 0.717) is 31.1 Å². The molecule has 1 aromatic heterocycles. The number of nitrogens with zero attached hydrogens (tertiary/aromatic N) is 3. The Bertz CT molecular complexity index is 826. The molecule has 0 saturated heterocycles. The Morgan fingerprint density at radius 2 is 2.11 bits per heavy atom. The highest BCUT2D eigenvalue weighted by atomic mass is 32.1. The zero-order valence-electron chi connectivity index (χ0n) is 16.2. The Balaban J connectivity index is 2.23. The van der Waals surface area contributed by atoms with Gasteiger partial charge in [0.05, 0.1) is 14.2 Å². The first kappa shape index (κ1) is 20.9. The van der Waals surface area contributed by atoms with E-state index in [1.807, 2.05) is 42.8 Å². The van der Waals surface area contributed by atoms with E-state index in [0.717, 1.165) is 28.5 Å². The molecule has 146 valence electrons. The number of hydrogen-bond donors (Lipinski definition) is 2. The monoisotopic (exact) mass is 390 g/mol. The van der Waals surface area contributed by atoms with Crippen molar-refractivity contribution in [2.45, 2.75) is 26.6 Å². The number of allylic oxidation sites excluding steroid dienone is 1. The van der Waals surface area contributed by atoms with Crippen molar-refractivity contribution in [3.05, 3.63) is 41.7 Å². The molecule has 0 aliphatic carbocycles. The summed E-state index contributed by atoms with van der Waals surface area (Å²) in [4.78, 5) is 12.9.